The minimum Gasteiger partial charge on any atom is -0.481 e. The van der Waals surface area contributed by atoms with Crippen LogP contribution in [-0.4, -0.2) is 30.2 Å². The molecule has 0 bridgehead atoms. The number of nitrogens with one attached hydrogen (secondary N) is 2. The van der Waals surface area contributed by atoms with Gasteiger partial charge in [0.2, 0.25) is 0 Å². The second-order valence-electron chi connectivity index (χ2n) is 4.55. The Morgan fingerprint density at radius 2 is 1.95 bits per heavy atom. The van der Waals surface area contributed by atoms with Crippen molar-refractivity contribution in [2.75, 3.05) is 7.05 Å². The van der Waals surface area contributed by atoms with E-state index >= 15 is 0 Å². The molecule has 0 saturated heterocycles. The summed E-state index contributed by atoms with van der Waals surface area (Å²) in [5.74, 6) is -0.133. The third-order valence-electron chi connectivity index (χ3n) is 2.75. The van der Waals surface area contributed by atoms with Gasteiger partial charge in [-0.25, -0.2) is 4.79 Å². The molecule has 110 valence electrons. The van der Waals surface area contributed by atoms with Gasteiger partial charge in [0.15, 0.2) is 6.10 Å². The van der Waals surface area contributed by atoms with Crippen LogP contribution in [0.2, 0.25) is 0 Å². The lowest BCUT2D eigenvalue weighted by molar-refractivity contribution is -0.126. The van der Waals surface area contributed by atoms with Crippen molar-refractivity contribution >= 4 is 11.9 Å². The van der Waals surface area contributed by atoms with Gasteiger partial charge in [0.05, 0.1) is 6.10 Å². The summed E-state index contributed by atoms with van der Waals surface area (Å²) in [6.07, 6.45) is -1.56. The van der Waals surface area contributed by atoms with Crippen molar-refractivity contribution in [3.05, 3.63) is 29.3 Å². The van der Waals surface area contributed by atoms with E-state index in [4.69, 9.17) is 4.74 Å². The number of carbonyl (C=O) groups is 2. The molecule has 20 heavy (non-hydrogen) atoms. The van der Waals surface area contributed by atoms with Crippen LogP contribution in [0.3, 0.4) is 0 Å². The summed E-state index contributed by atoms with van der Waals surface area (Å²) in [6, 6.07) is 4.72. The van der Waals surface area contributed by atoms with Crippen LogP contribution in [0.4, 0.5) is 4.79 Å². The molecule has 3 N–H and O–H groups in total. The fourth-order valence-corrected chi connectivity index (χ4v) is 1.62. The number of ether oxygens (including phenoxy) is 1. The number of hydrogen-bond acceptors (Lipinski definition) is 4. The molecule has 0 heterocycles. The molecule has 1 unspecified atom stereocenters. The summed E-state index contributed by atoms with van der Waals surface area (Å²) >= 11 is 0. The number of imide groups is 1. The Balaban J connectivity index is 2.82. The first-order chi connectivity index (χ1) is 9.35. The molecule has 0 fully saturated rings. The van der Waals surface area contributed by atoms with E-state index in [1.165, 1.54) is 14.0 Å². The number of aryl methyl sites for hydroxylation is 1. The second kappa shape index (κ2) is 6.91. The average molecular weight is 280 g/mol. The van der Waals surface area contributed by atoms with Crippen molar-refractivity contribution in [1.82, 2.24) is 10.6 Å². The van der Waals surface area contributed by atoms with Gasteiger partial charge in [-0.1, -0.05) is 11.6 Å². The van der Waals surface area contributed by atoms with Crippen LogP contribution in [-0.2, 0) is 4.79 Å². The van der Waals surface area contributed by atoms with Crippen molar-refractivity contribution in [2.45, 2.75) is 33.0 Å². The number of aliphatic hydroxyl groups is 1. The first kappa shape index (κ1) is 16.0. The molecule has 3 amide bonds. The van der Waals surface area contributed by atoms with Crippen molar-refractivity contribution < 1.29 is 19.4 Å². The lowest BCUT2D eigenvalue weighted by Gasteiger charge is -2.18. The third-order valence-corrected chi connectivity index (χ3v) is 2.75. The van der Waals surface area contributed by atoms with Gasteiger partial charge in [0.25, 0.3) is 5.91 Å². The van der Waals surface area contributed by atoms with Gasteiger partial charge in [0, 0.05) is 12.6 Å². The lowest BCUT2D eigenvalue weighted by atomic mass is 10.1. The summed E-state index contributed by atoms with van der Waals surface area (Å²) in [6.45, 7) is 5.05. The molecule has 1 aromatic rings. The van der Waals surface area contributed by atoms with E-state index in [0.29, 0.717) is 11.3 Å². The zero-order valence-electron chi connectivity index (χ0n) is 12.1. The Morgan fingerprint density at radius 3 is 2.50 bits per heavy atom. The summed E-state index contributed by atoms with van der Waals surface area (Å²) in [5, 5.41) is 14.1. The quantitative estimate of drug-likeness (QED) is 0.775. The maximum Gasteiger partial charge on any atom is 0.321 e. The van der Waals surface area contributed by atoms with Gasteiger partial charge in [0.1, 0.15) is 5.75 Å². The van der Waals surface area contributed by atoms with Crippen molar-refractivity contribution in [3.63, 3.8) is 0 Å². The highest BCUT2D eigenvalue weighted by Gasteiger charge is 2.19. The normalized spacial score (nSPS) is 13.2. The van der Waals surface area contributed by atoms with E-state index in [9.17, 15) is 14.7 Å². The standard InChI is InChI=1S/C14H20N2O4/c1-8-5-6-12(11(7-8)9(2)17)20-10(3)13(18)16-14(19)15-4/h5-7,9-10,17H,1-4H3,(H2,15,16,18,19)/t9-,10?/m1/s1. The van der Waals surface area contributed by atoms with Gasteiger partial charge in [-0.15, -0.1) is 0 Å². The number of aliphatic hydroxyl groups excluding tert-OH is 1. The Bertz CT molecular complexity index is 500. The van der Waals surface area contributed by atoms with Gasteiger partial charge < -0.3 is 15.2 Å². The molecule has 1 rings (SSSR count). The highest BCUT2D eigenvalue weighted by molar-refractivity contribution is 5.96. The zero-order chi connectivity index (χ0) is 15.3. The van der Waals surface area contributed by atoms with E-state index in [2.05, 4.69) is 10.6 Å². The van der Waals surface area contributed by atoms with Crippen LogP contribution in [0.1, 0.15) is 31.1 Å². The van der Waals surface area contributed by atoms with Gasteiger partial charge in [-0.2, -0.15) is 0 Å². The number of rotatable bonds is 4. The second-order valence-corrected chi connectivity index (χ2v) is 4.55. The molecule has 1 aromatic carbocycles. The van der Waals surface area contributed by atoms with Gasteiger partial charge >= 0.3 is 6.03 Å². The maximum absolute atomic E-state index is 11.7. The van der Waals surface area contributed by atoms with E-state index in [0.717, 1.165) is 5.56 Å². The molecule has 6 nitrogen and oxygen atoms in total. The summed E-state index contributed by atoms with van der Waals surface area (Å²) < 4.78 is 5.52. The number of benzene rings is 1. The van der Waals surface area contributed by atoms with E-state index in [1.807, 2.05) is 13.0 Å². The largest absolute Gasteiger partial charge is 0.481 e. The molecule has 0 radical (unpaired) electrons. The van der Waals surface area contributed by atoms with Crippen LogP contribution in [0.15, 0.2) is 18.2 Å². The fourth-order valence-electron chi connectivity index (χ4n) is 1.62. The van der Waals surface area contributed by atoms with Crippen molar-refractivity contribution in [2.24, 2.45) is 0 Å². The van der Waals surface area contributed by atoms with Crippen molar-refractivity contribution in [3.8, 4) is 5.75 Å². The highest BCUT2D eigenvalue weighted by Crippen LogP contribution is 2.27. The van der Waals surface area contributed by atoms with Crippen LogP contribution >= 0.6 is 0 Å². The molecule has 2 atom stereocenters. The monoisotopic (exact) mass is 280 g/mol. The molecule has 6 heteroatoms. The minimum absolute atomic E-state index is 0.421. The fraction of sp³-hybridized carbons (Fsp3) is 0.429. The maximum atomic E-state index is 11.7. The van der Waals surface area contributed by atoms with Crippen LogP contribution in [0.25, 0.3) is 0 Å². The van der Waals surface area contributed by atoms with Crippen molar-refractivity contribution in [1.29, 1.82) is 0 Å². The van der Waals surface area contributed by atoms with E-state index in [1.54, 1.807) is 19.1 Å². The average Bonchev–Trinajstić information content (AvgIpc) is 2.40. The molecule has 0 aliphatic heterocycles. The van der Waals surface area contributed by atoms with Crippen LogP contribution < -0.4 is 15.4 Å². The third kappa shape index (κ3) is 4.24. The topological polar surface area (TPSA) is 87.7 Å². The van der Waals surface area contributed by atoms with Crippen LogP contribution in [0, 0.1) is 6.92 Å². The molecule has 0 spiro atoms. The number of hydrogen-bond donors (Lipinski definition) is 3. The number of amides is 3. The molecule has 0 aromatic heterocycles. The Kier molecular flexibility index (Phi) is 5.52. The first-order valence-corrected chi connectivity index (χ1v) is 6.33. The number of carbonyl (C=O) groups excluding carboxylic acids is 2. The zero-order valence-corrected chi connectivity index (χ0v) is 12.1. The number of urea groups is 1. The predicted molar refractivity (Wildman–Crippen MR) is 74.5 cm³/mol. The summed E-state index contributed by atoms with van der Waals surface area (Å²) in [5.41, 5.74) is 1.58. The highest BCUT2D eigenvalue weighted by atomic mass is 16.5. The first-order valence-electron chi connectivity index (χ1n) is 6.33. The summed E-state index contributed by atoms with van der Waals surface area (Å²) in [7, 11) is 1.42. The minimum atomic E-state index is -0.854. The molecular weight excluding hydrogens is 260 g/mol. The molecule has 0 saturated carbocycles. The van der Waals surface area contributed by atoms with E-state index in [-0.39, 0.29) is 0 Å². The van der Waals surface area contributed by atoms with E-state index < -0.39 is 24.1 Å². The molecule has 0 aliphatic rings. The predicted octanol–water partition coefficient (Wildman–Crippen LogP) is 1.27. The van der Waals surface area contributed by atoms with Gasteiger partial charge in [-0.05, 0) is 32.9 Å². The lowest BCUT2D eigenvalue weighted by Crippen LogP contribution is -2.44. The van der Waals surface area contributed by atoms with Crippen LogP contribution in [0.5, 0.6) is 5.75 Å². The smallest absolute Gasteiger partial charge is 0.321 e. The SMILES string of the molecule is CNC(=O)NC(=O)C(C)Oc1ccc(C)cc1[C@@H](C)O. The summed E-state index contributed by atoms with van der Waals surface area (Å²) in [4.78, 5) is 22.8. The molecular formula is C14H20N2O4. The Morgan fingerprint density at radius 1 is 1.30 bits per heavy atom. The Labute approximate surface area is 118 Å². The van der Waals surface area contributed by atoms with Gasteiger partial charge in [-0.3, -0.25) is 10.1 Å². The molecule has 0 aliphatic carbocycles. The Hall–Kier alpha value is -2.08.